The van der Waals surface area contributed by atoms with Gasteiger partial charge in [0.15, 0.2) is 5.96 Å². The van der Waals surface area contributed by atoms with Crippen LogP contribution in [0.5, 0.6) is 0 Å². The molecule has 0 bridgehead atoms. The molecule has 1 fully saturated rings. The fourth-order valence-electron chi connectivity index (χ4n) is 3.00. The lowest BCUT2D eigenvalue weighted by atomic mass is 9.97. The Morgan fingerprint density at radius 1 is 1.35 bits per heavy atom. The molecule has 23 heavy (non-hydrogen) atoms. The summed E-state index contributed by atoms with van der Waals surface area (Å²) < 4.78 is 4.84. The molecule has 1 saturated heterocycles. The number of methoxy groups -OCH3 is 1. The van der Waals surface area contributed by atoms with Gasteiger partial charge in [-0.25, -0.2) is 0 Å². The molecule has 1 aliphatic heterocycles. The maximum absolute atomic E-state index is 11.6. The maximum Gasteiger partial charge on any atom is 0.308 e. The molecule has 0 spiro atoms. The highest BCUT2D eigenvalue weighted by Gasteiger charge is 2.27. The van der Waals surface area contributed by atoms with E-state index in [-0.39, 0.29) is 35.9 Å². The number of esters is 1. The molecule has 0 aromatic carbocycles. The van der Waals surface area contributed by atoms with Gasteiger partial charge in [0.2, 0.25) is 0 Å². The van der Waals surface area contributed by atoms with Crippen molar-refractivity contribution in [1.82, 2.24) is 10.2 Å². The van der Waals surface area contributed by atoms with Crippen LogP contribution >= 0.6 is 24.0 Å². The van der Waals surface area contributed by atoms with Gasteiger partial charge < -0.3 is 15.0 Å². The van der Waals surface area contributed by atoms with Crippen molar-refractivity contribution >= 4 is 35.9 Å². The molecule has 1 unspecified atom stereocenters. The lowest BCUT2D eigenvalue weighted by Crippen LogP contribution is -2.47. The molecule has 0 aromatic heterocycles. The molecule has 1 atom stereocenters. The quantitative estimate of drug-likeness (QED) is 0.286. The second kappa shape index (κ2) is 12.8. The van der Waals surface area contributed by atoms with Gasteiger partial charge in [0.05, 0.1) is 13.0 Å². The molecule has 0 aromatic rings. The third kappa shape index (κ3) is 7.72. The normalized spacial score (nSPS) is 17.4. The van der Waals surface area contributed by atoms with Crippen molar-refractivity contribution in [2.45, 2.75) is 52.4 Å². The summed E-state index contributed by atoms with van der Waals surface area (Å²) in [6, 6.07) is 0. The van der Waals surface area contributed by atoms with E-state index < -0.39 is 0 Å². The van der Waals surface area contributed by atoms with Crippen molar-refractivity contribution in [3.63, 3.8) is 0 Å². The van der Waals surface area contributed by atoms with Crippen LogP contribution in [-0.4, -0.2) is 50.6 Å². The van der Waals surface area contributed by atoms with Crippen molar-refractivity contribution in [3.05, 3.63) is 0 Å². The Morgan fingerprint density at radius 2 is 2.00 bits per heavy atom. The van der Waals surface area contributed by atoms with Gasteiger partial charge in [-0.3, -0.25) is 9.79 Å². The van der Waals surface area contributed by atoms with Gasteiger partial charge in [0, 0.05) is 26.7 Å². The first-order valence-corrected chi connectivity index (χ1v) is 8.69. The molecule has 0 radical (unpaired) electrons. The first-order chi connectivity index (χ1) is 10.7. The van der Waals surface area contributed by atoms with Gasteiger partial charge in [0.25, 0.3) is 0 Å². The van der Waals surface area contributed by atoms with Crippen LogP contribution in [-0.2, 0) is 9.53 Å². The van der Waals surface area contributed by atoms with Crippen LogP contribution in [0.3, 0.4) is 0 Å². The lowest BCUT2D eigenvalue weighted by Gasteiger charge is -2.33. The minimum absolute atomic E-state index is 0. The van der Waals surface area contributed by atoms with Gasteiger partial charge in [-0.15, -0.1) is 24.0 Å². The SMILES string of the molecule is CCCCC(CC)CNC(=NC)N1CCC(C(=O)OC)CC1.I. The zero-order valence-corrected chi connectivity index (χ0v) is 17.5. The van der Waals surface area contributed by atoms with Crippen molar-refractivity contribution in [2.75, 3.05) is 33.8 Å². The third-order valence-corrected chi connectivity index (χ3v) is 4.63. The van der Waals surface area contributed by atoms with Crippen LogP contribution in [0.4, 0.5) is 0 Å². The molecule has 6 heteroatoms. The molecule has 136 valence electrons. The van der Waals surface area contributed by atoms with E-state index in [2.05, 4.69) is 29.1 Å². The Bertz CT molecular complexity index is 356. The number of ether oxygens (including phenoxy) is 1. The predicted molar refractivity (Wildman–Crippen MR) is 106 cm³/mol. The highest BCUT2D eigenvalue weighted by atomic mass is 127. The Morgan fingerprint density at radius 3 is 2.48 bits per heavy atom. The van der Waals surface area contributed by atoms with E-state index in [1.54, 1.807) is 0 Å². The Labute approximate surface area is 158 Å². The average molecular weight is 439 g/mol. The highest BCUT2D eigenvalue weighted by Crippen LogP contribution is 2.18. The summed E-state index contributed by atoms with van der Waals surface area (Å²) in [6.45, 7) is 7.22. The second-order valence-corrected chi connectivity index (χ2v) is 6.13. The fourth-order valence-corrected chi connectivity index (χ4v) is 3.00. The number of piperidine rings is 1. The summed E-state index contributed by atoms with van der Waals surface area (Å²) >= 11 is 0. The smallest absolute Gasteiger partial charge is 0.308 e. The zero-order valence-electron chi connectivity index (χ0n) is 15.1. The topological polar surface area (TPSA) is 53.9 Å². The second-order valence-electron chi connectivity index (χ2n) is 6.13. The maximum atomic E-state index is 11.6. The summed E-state index contributed by atoms with van der Waals surface area (Å²) in [6.07, 6.45) is 6.73. The zero-order chi connectivity index (χ0) is 16.4. The average Bonchev–Trinajstić information content (AvgIpc) is 2.57. The number of aliphatic imine (C=N–C) groups is 1. The van der Waals surface area contributed by atoms with E-state index >= 15 is 0 Å². The van der Waals surface area contributed by atoms with E-state index in [1.807, 2.05) is 7.05 Å². The number of hydrogen-bond acceptors (Lipinski definition) is 3. The van der Waals surface area contributed by atoms with Crippen LogP contribution in [0.2, 0.25) is 0 Å². The number of nitrogens with zero attached hydrogens (tertiary/aromatic N) is 2. The van der Waals surface area contributed by atoms with Crippen LogP contribution < -0.4 is 5.32 Å². The van der Waals surface area contributed by atoms with Crippen LogP contribution in [0.25, 0.3) is 0 Å². The van der Waals surface area contributed by atoms with Crippen molar-refractivity contribution in [1.29, 1.82) is 0 Å². The van der Waals surface area contributed by atoms with Gasteiger partial charge in [-0.05, 0) is 25.2 Å². The number of unbranched alkanes of at least 4 members (excludes halogenated alkanes) is 1. The Kier molecular flexibility index (Phi) is 12.5. The minimum atomic E-state index is -0.0757. The van der Waals surface area contributed by atoms with Crippen molar-refractivity contribution in [3.8, 4) is 0 Å². The molecule has 5 nitrogen and oxygen atoms in total. The summed E-state index contributed by atoms with van der Waals surface area (Å²) in [7, 11) is 3.30. The van der Waals surface area contributed by atoms with Crippen molar-refractivity contribution < 1.29 is 9.53 Å². The molecule has 1 heterocycles. The number of rotatable bonds is 7. The summed E-state index contributed by atoms with van der Waals surface area (Å²) in [4.78, 5) is 18.2. The molecule has 0 aliphatic carbocycles. The summed E-state index contributed by atoms with van der Waals surface area (Å²) in [5, 5.41) is 3.52. The first kappa shape index (κ1) is 22.5. The molecule has 1 N–H and O–H groups in total. The monoisotopic (exact) mass is 439 g/mol. The van der Waals surface area contributed by atoms with E-state index in [1.165, 1.54) is 32.8 Å². The molecule has 0 amide bonds. The van der Waals surface area contributed by atoms with Gasteiger partial charge in [-0.2, -0.15) is 0 Å². The summed E-state index contributed by atoms with van der Waals surface area (Å²) in [5.41, 5.74) is 0. The van der Waals surface area contributed by atoms with E-state index in [0.29, 0.717) is 5.92 Å². The van der Waals surface area contributed by atoms with E-state index in [4.69, 9.17) is 4.74 Å². The number of hydrogen-bond donors (Lipinski definition) is 1. The number of carbonyl (C=O) groups excluding carboxylic acids is 1. The molecule has 1 aliphatic rings. The third-order valence-electron chi connectivity index (χ3n) is 4.63. The highest BCUT2D eigenvalue weighted by molar-refractivity contribution is 14.0. The molecular weight excluding hydrogens is 405 g/mol. The molecule has 1 rings (SSSR count). The van der Waals surface area contributed by atoms with Crippen LogP contribution in [0.1, 0.15) is 52.4 Å². The Balaban J connectivity index is 0.00000484. The fraction of sp³-hybridized carbons (Fsp3) is 0.882. The largest absolute Gasteiger partial charge is 0.469 e. The number of carbonyl (C=O) groups is 1. The standard InChI is InChI=1S/C17H33N3O2.HI/c1-5-7-8-14(6-2)13-19-17(18-3)20-11-9-15(10-12-20)16(21)22-4;/h14-15H,5-13H2,1-4H3,(H,18,19);1H. The summed E-state index contributed by atoms with van der Waals surface area (Å²) in [5.74, 6) is 1.66. The van der Waals surface area contributed by atoms with Crippen molar-refractivity contribution in [2.24, 2.45) is 16.8 Å². The van der Waals surface area contributed by atoms with Gasteiger partial charge in [-0.1, -0.05) is 33.1 Å². The number of nitrogens with one attached hydrogen (secondary N) is 1. The number of halogens is 1. The molecular formula is C17H34IN3O2. The van der Waals surface area contributed by atoms with E-state index in [9.17, 15) is 4.79 Å². The minimum Gasteiger partial charge on any atom is -0.469 e. The number of likely N-dealkylation sites (tertiary alicyclic amines) is 1. The van der Waals surface area contributed by atoms with Gasteiger partial charge in [0.1, 0.15) is 0 Å². The van der Waals surface area contributed by atoms with E-state index in [0.717, 1.165) is 38.4 Å². The lowest BCUT2D eigenvalue weighted by molar-refractivity contribution is -0.146. The predicted octanol–water partition coefficient (Wildman–Crippen LogP) is 3.28. The van der Waals surface area contributed by atoms with Crippen LogP contribution in [0, 0.1) is 11.8 Å². The molecule has 0 saturated carbocycles. The number of guanidine groups is 1. The van der Waals surface area contributed by atoms with Crippen LogP contribution in [0.15, 0.2) is 4.99 Å². The Hall–Kier alpha value is -0.530. The van der Waals surface area contributed by atoms with Gasteiger partial charge >= 0.3 is 5.97 Å². The first-order valence-electron chi connectivity index (χ1n) is 8.69.